The van der Waals surface area contributed by atoms with E-state index in [1.54, 1.807) is 0 Å². The van der Waals surface area contributed by atoms with E-state index in [4.69, 9.17) is 4.74 Å². The fourth-order valence-corrected chi connectivity index (χ4v) is 1.57. The average molecular weight is 154 g/mol. The van der Waals surface area contributed by atoms with Gasteiger partial charge in [0.2, 0.25) is 0 Å². The van der Waals surface area contributed by atoms with Gasteiger partial charge in [0.05, 0.1) is 12.4 Å². The fourth-order valence-electron chi connectivity index (χ4n) is 1.57. The maximum Gasteiger partial charge on any atom is 0.0978 e. The molecule has 1 nitrogen and oxygen atoms in total. The first-order valence-electron chi connectivity index (χ1n) is 4.70. The van der Waals surface area contributed by atoms with Crippen molar-refractivity contribution in [1.29, 1.82) is 0 Å². The smallest absolute Gasteiger partial charge is 0.0978 e. The van der Waals surface area contributed by atoms with Crippen molar-refractivity contribution in [3.63, 3.8) is 0 Å². The molecule has 1 rings (SSSR count). The molecular weight excluding hydrogens is 136 g/mol. The molecule has 0 N–H and O–H groups in total. The Kier molecular flexibility index (Phi) is 4.10. The largest absolute Gasteiger partial charge is 0.498 e. The van der Waals surface area contributed by atoms with Crippen LogP contribution in [0.25, 0.3) is 0 Å². The molecule has 0 aromatic rings. The van der Waals surface area contributed by atoms with Gasteiger partial charge in [0.1, 0.15) is 0 Å². The van der Waals surface area contributed by atoms with E-state index in [0.29, 0.717) is 6.10 Å². The van der Waals surface area contributed by atoms with Gasteiger partial charge in [-0.1, -0.05) is 18.9 Å². The van der Waals surface area contributed by atoms with Crippen LogP contribution in [-0.2, 0) is 4.74 Å². The van der Waals surface area contributed by atoms with Crippen LogP contribution >= 0.6 is 0 Å². The highest BCUT2D eigenvalue weighted by Gasteiger charge is 2.10. The summed E-state index contributed by atoms with van der Waals surface area (Å²) in [4.78, 5) is 0. The molecule has 0 heterocycles. The average Bonchev–Trinajstić information content (AvgIpc) is 2.28. The third-order valence-electron chi connectivity index (χ3n) is 2.21. The number of ether oxygens (including phenoxy) is 1. The van der Waals surface area contributed by atoms with Gasteiger partial charge < -0.3 is 4.74 Å². The molecule has 0 atom stereocenters. The van der Waals surface area contributed by atoms with Crippen LogP contribution in [0.3, 0.4) is 0 Å². The lowest BCUT2D eigenvalue weighted by atomic mass is 10.2. The zero-order valence-corrected chi connectivity index (χ0v) is 7.38. The first kappa shape index (κ1) is 8.63. The molecule has 0 saturated heterocycles. The third kappa shape index (κ3) is 3.45. The summed E-state index contributed by atoms with van der Waals surface area (Å²) in [6, 6.07) is 0. The molecule has 0 aromatic heterocycles. The van der Waals surface area contributed by atoms with Crippen molar-refractivity contribution in [3.05, 3.63) is 12.3 Å². The Hall–Kier alpha value is -0.460. The minimum absolute atomic E-state index is 0.508. The van der Waals surface area contributed by atoms with E-state index in [1.807, 2.05) is 19.3 Å². The lowest BCUT2D eigenvalue weighted by Gasteiger charge is -2.12. The summed E-state index contributed by atoms with van der Waals surface area (Å²) >= 11 is 0. The quantitative estimate of drug-likeness (QED) is 0.438. The first-order valence-corrected chi connectivity index (χ1v) is 4.70. The van der Waals surface area contributed by atoms with Gasteiger partial charge in [-0.3, -0.25) is 0 Å². The minimum atomic E-state index is 0.508. The van der Waals surface area contributed by atoms with Crippen molar-refractivity contribution in [2.24, 2.45) is 0 Å². The van der Waals surface area contributed by atoms with E-state index in [2.05, 4.69) is 0 Å². The van der Waals surface area contributed by atoms with Gasteiger partial charge >= 0.3 is 0 Å². The predicted octanol–water partition coefficient (Wildman–Crippen LogP) is 3.26. The van der Waals surface area contributed by atoms with Crippen LogP contribution in [0.15, 0.2) is 12.3 Å². The van der Waals surface area contributed by atoms with Gasteiger partial charge in [0.15, 0.2) is 0 Å². The Bertz CT molecular complexity index is 110. The van der Waals surface area contributed by atoms with Gasteiger partial charge in [0.25, 0.3) is 0 Å². The summed E-state index contributed by atoms with van der Waals surface area (Å²) in [5, 5.41) is 0. The Balaban J connectivity index is 2.19. The van der Waals surface area contributed by atoms with Crippen molar-refractivity contribution in [1.82, 2.24) is 0 Å². The Morgan fingerprint density at radius 3 is 2.27 bits per heavy atom. The van der Waals surface area contributed by atoms with Crippen LogP contribution in [0.5, 0.6) is 0 Å². The van der Waals surface area contributed by atoms with Gasteiger partial charge in [0, 0.05) is 0 Å². The first-order chi connectivity index (χ1) is 5.43. The summed E-state index contributed by atoms with van der Waals surface area (Å²) in [6.07, 6.45) is 12.3. The topological polar surface area (TPSA) is 9.23 Å². The van der Waals surface area contributed by atoms with Crippen molar-refractivity contribution in [2.75, 3.05) is 0 Å². The molecule has 0 aliphatic heterocycles. The second-order valence-corrected chi connectivity index (χ2v) is 3.22. The van der Waals surface area contributed by atoms with Crippen LogP contribution in [0, 0.1) is 0 Å². The molecule has 1 heteroatoms. The van der Waals surface area contributed by atoms with Gasteiger partial charge in [-0.15, -0.1) is 0 Å². The summed E-state index contributed by atoms with van der Waals surface area (Å²) in [5.41, 5.74) is 0. The maximum absolute atomic E-state index is 5.53. The third-order valence-corrected chi connectivity index (χ3v) is 2.21. The van der Waals surface area contributed by atoms with Crippen LogP contribution in [-0.4, -0.2) is 6.10 Å². The Morgan fingerprint density at radius 2 is 1.73 bits per heavy atom. The number of rotatable bonds is 2. The summed E-state index contributed by atoms with van der Waals surface area (Å²) in [5.74, 6) is 0. The summed E-state index contributed by atoms with van der Waals surface area (Å²) in [7, 11) is 0. The van der Waals surface area contributed by atoms with Crippen molar-refractivity contribution >= 4 is 0 Å². The molecule has 64 valence electrons. The second kappa shape index (κ2) is 5.22. The lowest BCUT2D eigenvalue weighted by Crippen LogP contribution is -2.07. The van der Waals surface area contributed by atoms with E-state index >= 15 is 0 Å². The van der Waals surface area contributed by atoms with Crippen molar-refractivity contribution in [3.8, 4) is 0 Å². The van der Waals surface area contributed by atoms with E-state index in [1.165, 1.54) is 38.5 Å². The molecule has 1 aliphatic carbocycles. The van der Waals surface area contributed by atoms with Crippen LogP contribution in [0.2, 0.25) is 0 Å². The molecule has 0 spiro atoms. The van der Waals surface area contributed by atoms with Crippen molar-refractivity contribution in [2.45, 2.75) is 51.6 Å². The van der Waals surface area contributed by atoms with Gasteiger partial charge in [-0.2, -0.15) is 0 Å². The molecule has 0 aromatic carbocycles. The van der Waals surface area contributed by atoms with E-state index in [9.17, 15) is 0 Å². The van der Waals surface area contributed by atoms with Gasteiger partial charge in [-0.25, -0.2) is 0 Å². The monoisotopic (exact) mass is 154 g/mol. The van der Waals surface area contributed by atoms with E-state index in [0.717, 1.165) is 0 Å². The van der Waals surface area contributed by atoms with Crippen molar-refractivity contribution < 1.29 is 4.74 Å². The molecule has 1 fully saturated rings. The zero-order chi connectivity index (χ0) is 7.94. The fraction of sp³-hybridized carbons (Fsp3) is 0.800. The molecule has 0 bridgehead atoms. The molecule has 1 saturated carbocycles. The second-order valence-electron chi connectivity index (χ2n) is 3.22. The molecule has 11 heavy (non-hydrogen) atoms. The SMILES string of the molecule is C/C=C/OC1CCCCCC1. The normalized spacial score (nSPS) is 21.9. The Labute approximate surface area is 69.4 Å². The maximum atomic E-state index is 5.53. The molecule has 0 amide bonds. The zero-order valence-electron chi connectivity index (χ0n) is 7.38. The summed E-state index contributed by atoms with van der Waals surface area (Å²) < 4.78 is 5.53. The number of allylic oxidation sites excluding steroid dienone is 1. The minimum Gasteiger partial charge on any atom is -0.498 e. The van der Waals surface area contributed by atoms with Gasteiger partial charge in [-0.05, 0) is 32.6 Å². The Morgan fingerprint density at radius 1 is 1.09 bits per heavy atom. The van der Waals surface area contributed by atoms with E-state index in [-0.39, 0.29) is 0 Å². The lowest BCUT2D eigenvalue weighted by molar-refractivity contribution is 0.129. The highest BCUT2D eigenvalue weighted by molar-refractivity contribution is 4.71. The van der Waals surface area contributed by atoms with E-state index < -0.39 is 0 Å². The molecule has 1 aliphatic rings. The highest BCUT2D eigenvalue weighted by Crippen LogP contribution is 2.19. The predicted molar refractivity (Wildman–Crippen MR) is 47.4 cm³/mol. The standard InChI is InChI=1S/C10H18O/c1-2-9-11-10-7-5-3-4-6-8-10/h2,9-10H,3-8H2,1H3/b9-2+. The molecule has 0 radical (unpaired) electrons. The highest BCUT2D eigenvalue weighted by atomic mass is 16.5. The van der Waals surface area contributed by atoms with Crippen LogP contribution in [0.4, 0.5) is 0 Å². The van der Waals surface area contributed by atoms with Crippen LogP contribution in [0.1, 0.15) is 45.4 Å². The van der Waals surface area contributed by atoms with Crippen LogP contribution < -0.4 is 0 Å². The summed E-state index contributed by atoms with van der Waals surface area (Å²) in [6.45, 7) is 2.00. The molecular formula is C10H18O. The number of hydrogen-bond donors (Lipinski definition) is 0. The molecule has 0 unspecified atom stereocenters. The number of hydrogen-bond acceptors (Lipinski definition) is 1.